The smallest absolute Gasteiger partial charge is 0.241 e. The number of hydrogen-bond acceptors (Lipinski definition) is 3. The molecule has 3 nitrogen and oxygen atoms in total. The molecule has 21 heavy (non-hydrogen) atoms. The van der Waals surface area contributed by atoms with E-state index in [0.29, 0.717) is 0 Å². The van der Waals surface area contributed by atoms with Gasteiger partial charge in [-0.15, -0.1) is 0 Å². The van der Waals surface area contributed by atoms with E-state index in [1.165, 1.54) is 11.1 Å². The van der Waals surface area contributed by atoms with Crippen molar-refractivity contribution < 1.29 is 4.79 Å². The fraction of sp³-hybridized carbons (Fsp3) is 0.588. The average molecular weight is 306 g/mol. The molecule has 2 rings (SSSR count). The Balaban J connectivity index is 2.20. The van der Waals surface area contributed by atoms with Gasteiger partial charge in [0.1, 0.15) is 6.17 Å². The van der Waals surface area contributed by atoms with Crippen molar-refractivity contribution in [2.75, 3.05) is 18.6 Å². The van der Waals surface area contributed by atoms with Gasteiger partial charge >= 0.3 is 0 Å². The molecule has 0 aromatic heterocycles. The maximum Gasteiger partial charge on any atom is 0.241 e. The summed E-state index contributed by atoms with van der Waals surface area (Å²) in [6, 6.07) is 8.34. The van der Waals surface area contributed by atoms with Gasteiger partial charge in [-0.3, -0.25) is 10.1 Å². The lowest BCUT2D eigenvalue weighted by atomic mass is 10.1. The summed E-state index contributed by atoms with van der Waals surface area (Å²) in [5.74, 6) is 1.25. The van der Waals surface area contributed by atoms with Crippen LogP contribution in [0.3, 0.4) is 0 Å². The van der Waals surface area contributed by atoms with Crippen molar-refractivity contribution in [2.45, 2.75) is 45.3 Å². The van der Waals surface area contributed by atoms with Gasteiger partial charge in [0.2, 0.25) is 5.91 Å². The number of thioether (sulfide) groups is 1. The number of rotatable bonds is 7. The van der Waals surface area contributed by atoms with E-state index in [-0.39, 0.29) is 18.1 Å². The van der Waals surface area contributed by atoms with E-state index >= 15 is 0 Å². The molecule has 1 amide bonds. The first-order chi connectivity index (χ1) is 10.2. The minimum Gasteiger partial charge on any atom is -0.321 e. The van der Waals surface area contributed by atoms with Crippen molar-refractivity contribution in [1.29, 1.82) is 0 Å². The summed E-state index contributed by atoms with van der Waals surface area (Å²) in [5, 5.41) is 3.56. The van der Waals surface area contributed by atoms with Gasteiger partial charge in [-0.2, -0.15) is 11.8 Å². The molecule has 1 heterocycles. The number of carbonyl (C=O) groups excluding carboxylic acids is 1. The lowest BCUT2D eigenvalue weighted by molar-refractivity contribution is -0.130. The standard InChI is InChI=1S/C17H26N2OS/c1-4-5-10-15-17(20)19(11-12-21-3)16(18-15)14-9-7-6-8-13(14)2/h6-9,15-16,18H,4-5,10-12H2,1-3H3. The van der Waals surface area contributed by atoms with Crippen LogP contribution in [0.15, 0.2) is 24.3 Å². The Bertz CT molecular complexity index is 478. The van der Waals surface area contributed by atoms with Crippen molar-refractivity contribution in [3.63, 3.8) is 0 Å². The van der Waals surface area contributed by atoms with Crippen LogP contribution in [-0.4, -0.2) is 35.4 Å². The summed E-state index contributed by atoms with van der Waals surface area (Å²) in [5.41, 5.74) is 2.47. The number of hydrogen-bond donors (Lipinski definition) is 1. The third-order valence-corrected chi connectivity index (χ3v) is 4.71. The molecule has 1 aromatic carbocycles. The molecule has 4 heteroatoms. The summed E-state index contributed by atoms with van der Waals surface area (Å²) >= 11 is 1.79. The topological polar surface area (TPSA) is 32.3 Å². The van der Waals surface area contributed by atoms with Gasteiger partial charge in [0.05, 0.1) is 6.04 Å². The van der Waals surface area contributed by atoms with Crippen molar-refractivity contribution in [1.82, 2.24) is 10.2 Å². The molecule has 0 radical (unpaired) electrons. The van der Waals surface area contributed by atoms with Gasteiger partial charge in [-0.25, -0.2) is 0 Å². The van der Waals surface area contributed by atoms with Crippen LogP contribution in [0, 0.1) is 6.92 Å². The molecular formula is C17H26N2OS. The summed E-state index contributed by atoms with van der Waals surface area (Å²) in [7, 11) is 0. The summed E-state index contributed by atoms with van der Waals surface area (Å²) in [6.45, 7) is 5.10. The van der Waals surface area contributed by atoms with Gasteiger partial charge in [-0.05, 0) is 30.7 Å². The van der Waals surface area contributed by atoms with Crippen molar-refractivity contribution >= 4 is 17.7 Å². The van der Waals surface area contributed by atoms with Gasteiger partial charge in [0.15, 0.2) is 0 Å². The Morgan fingerprint density at radius 2 is 2.10 bits per heavy atom. The Morgan fingerprint density at radius 3 is 2.76 bits per heavy atom. The van der Waals surface area contributed by atoms with Crippen LogP contribution in [0.25, 0.3) is 0 Å². The largest absolute Gasteiger partial charge is 0.321 e. The van der Waals surface area contributed by atoms with Crippen molar-refractivity contribution in [2.24, 2.45) is 0 Å². The molecule has 1 saturated heterocycles. The maximum atomic E-state index is 12.7. The quantitative estimate of drug-likeness (QED) is 0.838. The van der Waals surface area contributed by atoms with E-state index in [1.54, 1.807) is 11.8 Å². The first-order valence-electron chi connectivity index (χ1n) is 7.80. The lowest BCUT2D eigenvalue weighted by Gasteiger charge is -2.25. The second-order valence-corrected chi connectivity index (χ2v) is 6.63. The van der Waals surface area contributed by atoms with Crippen LogP contribution in [0.4, 0.5) is 0 Å². The number of aryl methyl sites for hydroxylation is 1. The van der Waals surface area contributed by atoms with Crippen LogP contribution >= 0.6 is 11.8 Å². The van der Waals surface area contributed by atoms with E-state index < -0.39 is 0 Å². The number of unbranched alkanes of at least 4 members (excludes halogenated alkanes) is 1. The molecule has 0 saturated carbocycles. The van der Waals surface area contributed by atoms with Crippen molar-refractivity contribution in [3.05, 3.63) is 35.4 Å². The first kappa shape index (κ1) is 16.4. The first-order valence-corrected chi connectivity index (χ1v) is 9.19. The van der Waals surface area contributed by atoms with Crippen LogP contribution in [0.2, 0.25) is 0 Å². The Labute approximate surface area is 132 Å². The highest BCUT2D eigenvalue weighted by Crippen LogP contribution is 2.29. The fourth-order valence-corrected chi connectivity index (χ4v) is 3.25. The molecule has 1 aliphatic heterocycles. The molecule has 1 aliphatic rings. The van der Waals surface area contributed by atoms with Crippen molar-refractivity contribution in [3.8, 4) is 0 Å². The Kier molecular flexibility index (Phi) is 6.12. The third-order valence-electron chi connectivity index (χ3n) is 4.12. The molecule has 116 valence electrons. The SMILES string of the molecule is CCCCC1NC(c2ccccc2C)N(CCSC)C1=O. The van der Waals surface area contributed by atoms with E-state index in [4.69, 9.17) is 0 Å². The van der Waals surface area contributed by atoms with E-state index in [0.717, 1.165) is 31.6 Å². The van der Waals surface area contributed by atoms with E-state index in [1.807, 2.05) is 4.90 Å². The highest BCUT2D eigenvalue weighted by Gasteiger charge is 2.39. The van der Waals surface area contributed by atoms with E-state index in [2.05, 4.69) is 49.7 Å². The monoisotopic (exact) mass is 306 g/mol. The normalized spacial score (nSPS) is 22.0. The van der Waals surface area contributed by atoms with Gasteiger partial charge < -0.3 is 4.90 Å². The fourth-order valence-electron chi connectivity index (χ4n) is 2.87. The van der Waals surface area contributed by atoms with Crippen LogP contribution in [0.1, 0.15) is 43.5 Å². The molecule has 0 aliphatic carbocycles. The van der Waals surface area contributed by atoms with E-state index in [9.17, 15) is 4.79 Å². The molecule has 2 atom stereocenters. The van der Waals surface area contributed by atoms with Gasteiger partial charge in [-0.1, -0.05) is 44.0 Å². The zero-order valence-electron chi connectivity index (χ0n) is 13.3. The van der Waals surface area contributed by atoms with Crippen LogP contribution < -0.4 is 5.32 Å². The van der Waals surface area contributed by atoms with Crippen LogP contribution in [-0.2, 0) is 4.79 Å². The zero-order valence-corrected chi connectivity index (χ0v) is 14.1. The summed E-state index contributed by atoms with van der Waals surface area (Å²) < 4.78 is 0. The molecule has 1 fully saturated rings. The van der Waals surface area contributed by atoms with Gasteiger partial charge in [0, 0.05) is 12.3 Å². The molecule has 2 unspecified atom stereocenters. The lowest BCUT2D eigenvalue weighted by Crippen LogP contribution is -2.33. The molecule has 1 aromatic rings. The number of carbonyl (C=O) groups is 1. The predicted octanol–water partition coefficient (Wildman–Crippen LogP) is 3.35. The van der Waals surface area contributed by atoms with Gasteiger partial charge in [0.25, 0.3) is 0 Å². The predicted molar refractivity (Wildman–Crippen MR) is 90.5 cm³/mol. The molecule has 0 spiro atoms. The summed E-state index contributed by atoms with van der Waals surface area (Å²) in [4.78, 5) is 14.7. The molecule has 1 N–H and O–H groups in total. The minimum atomic E-state index is -0.0172. The maximum absolute atomic E-state index is 12.7. The summed E-state index contributed by atoms with van der Waals surface area (Å²) in [6.07, 6.45) is 5.29. The number of nitrogens with zero attached hydrogens (tertiary/aromatic N) is 1. The third kappa shape index (κ3) is 3.80. The second-order valence-electron chi connectivity index (χ2n) is 5.65. The highest BCUT2D eigenvalue weighted by atomic mass is 32.2. The highest BCUT2D eigenvalue weighted by molar-refractivity contribution is 7.98. The average Bonchev–Trinajstić information content (AvgIpc) is 2.80. The second kappa shape index (κ2) is 7.85. The number of nitrogens with one attached hydrogen (secondary N) is 1. The van der Waals surface area contributed by atoms with Crippen LogP contribution in [0.5, 0.6) is 0 Å². The minimum absolute atomic E-state index is 0.0172. The number of amides is 1. The number of benzene rings is 1. The molecule has 0 bridgehead atoms. The Hall–Kier alpha value is -1.00. The zero-order chi connectivity index (χ0) is 15.2. The Morgan fingerprint density at radius 1 is 1.33 bits per heavy atom. The molecular weight excluding hydrogens is 280 g/mol.